The van der Waals surface area contributed by atoms with E-state index in [1.165, 1.54) is 4.90 Å². The molecule has 2 atom stereocenters. The fourth-order valence-electron chi connectivity index (χ4n) is 4.17. The maximum atomic E-state index is 13.1. The van der Waals surface area contributed by atoms with E-state index < -0.39 is 5.66 Å². The van der Waals surface area contributed by atoms with Gasteiger partial charge in [0, 0.05) is 19.6 Å². The second kappa shape index (κ2) is 6.39. The molecule has 0 spiro atoms. The Morgan fingerprint density at radius 3 is 2.92 bits per heavy atom. The van der Waals surface area contributed by atoms with E-state index in [4.69, 9.17) is 4.74 Å². The molecule has 1 aromatic rings. The standard InChI is InChI=1S/C19H23N3O4/c1-19-9-8-17(24)22(19)15-7-3-2-6-14(15)18(25)21(19)12-16(23)20-11-13-5-4-10-26-13/h2-3,6-7,13H,4-5,8-12H2,1H3,(H,20,23). The van der Waals surface area contributed by atoms with E-state index in [-0.39, 0.29) is 30.4 Å². The van der Waals surface area contributed by atoms with Crippen molar-refractivity contribution in [2.75, 3.05) is 24.6 Å². The van der Waals surface area contributed by atoms with Gasteiger partial charge in [-0.2, -0.15) is 0 Å². The quantitative estimate of drug-likeness (QED) is 0.880. The van der Waals surface area contributed by atoms with Gasteiger partial charge in [0.15, 0.2) is 0 Å². The van der Waals surface area contributed by atoms with Crippen LogP contribution in [0.15, 0.2) is 24.3 Å². The van der Waals surface area contributed by atoms with Gasteiger partial charge < -0.3 is 15.0 Å². The minimum Gasteiger partial charge on any atom is -0.376 e. The van der Waals surface area contributed by atoms with Crippen LogP contribution in [0.5, 0.6) is 0 Å². The highest BCUT2D eigenvalue weighted by Gasteiger charge is 2.53. The molecule has 7 heteroatoms. The van der Waals surface area contributed by atoms with Gasteiger partial charge in [-0.3, -0.25) is 19.3 Å². The predicted octanol–water partition coefficient (Wildman–Crippen LogP) is 1.28. The smallest absolute Gasteiger partial charge is 0.258 e. The van der Waals surface area contributed by atoms with Crippen molar-refractivity contribution in [2.45, 2.75) is 44.4 Å². The van der Waals surface area contributed by atoms with Crippen LogP contribution in [0.2, 0.25) is 0 Å². The fourth-order valence-corrected chi connectivity index (χ4v) is 4.17. The summed E-state index contributed by atoms with van der Waals surface area (Å²) in [6.45, 7) is 2.98. The normalized spacial score (nSPS) is 27.5. The van der Waals surface area contributed by atoms with E-state index >= 15 is 0 Å². The number of amides is 3. The molecule has 3 amide bonds. The lowest BCUT2D eigenvalue weighted by atomic mass is 9.98. The van der Waals surface area contributed by atoms with Crippen molar-refractivity contribution in [3.63, 3.8) is 0 Å². The first-order valence-electron chi connectivity index (χ1n) is 9.13. The third-order valence-corrected chi connectivity index (χ3v) is 5.60. The SMILES string of the molecule is CC12CCC(=O)N1c1ccccc1C(=O)N2CC(=O)NCC1CCCO1. The monoisotopic (exact) mass is 357 g/mol. The second-order valence-corrected chi connectivity index (χ2v) is 7.29. The van der Waals surface area contributed by atoms with Gasteiger partial charge in [0.1, 0.15) is 12.2 Å². The molecule has 0 saturated carbocycles. The molecule has 26 heavy (non-hydrogen) atoms. The van der Waals surface area contributed by atoms with Gasteiger partial charge >= 0.3 is 0 Å². The van der Waals surface area contributed by atoms with Crippen LogP contribution in [0.4, 0.5) is 5.69 Å². The molecule has 3 aliphatic heterocycles. The molecule has 1 N–H and O–H groups in total. The second-order valence-electron chi connectivity index (χ2n) is 7.29. The minimum atomic E-state index is -0.802. The third kappa shape index (κ3) is 2.67. The highest BCUT2D eigenvalue weighted by molar-refractivity contribution is 6.11. The van der Waals surface area contributed by atoms with Gasteiger partial charge in [-0.25, -0.2) is 0 Å². The Kier molecular flexibility index (Phi) is 4.19. The zero-order valence-electron chi connectivity index (χ0n) is 14.9. The van der Waals surface area contributed by atoms with Crippen molar-refractivity contribution in [2.24, 2.45) is 0 Å². The van der Waals surface area contributed by atoms with Crippen LogP contribution in [0.1, 0.15) is 43.0 Å². The van der Waals surface area contributed by atoms with Crippen molar-refractivity contribution < 1.29 is 19.1 Å². The molecular formula is C19H23N3O4. The number of ether oxygens (including phenoxy) is 1. The van der Waals surface area contributed by atoms with Gasteiger partial charge in [0.2, 0.25) is 11.8 Å². The van der Waals surface area contributed by atoms with E-state index in [0.29, 0.717) is 30.6 Å². The lowest BCUT2D eigenvalue weighted by Crippen LogP contribution is -2.64. The Balaban J connectivity index is 1.56. The Morgan fingerprint density at radius 1 is 1.35 bits per heavy atom. The summed E-state index contributed by atoms with van der Waals surface area (Å²) in [6.07, 6.45) is 2.89. The van der Waals surface area contributed by atoms with Crippen LogP contribution in [0, 0.1) is 0 Å². The molecule has 138 valence electrons. The summed E-state index contributed by atoms with van der Waals surface area (Å²) in [7, 11) is 0. The number of carbonyl (C=O) groups excluding carboxylic acids is 3. The fraction of sp³-hybridized carbons (Fsp3) is 0.526. The summed E-state index contributed by atoms with van der Waals surface area (Å²) in [5, 5.41) is 2.86. The lowest BCUT2D eigenvalue weighted by Gasteiger charge is -2.48. The van der Waals surface area contributed by atoms with Crippen molar-refractivity contribution in [1.29, 1.82) is 0 Å². The summed E-state index contributed by atoms with van der Waals surface area (Å²) in [5.41, 5.74) is 0.301. The van der Waals surface area contributed by atoms with Gasteiger partial charge in [0.05, 0.1) is 17.4 Å². The van der Waals surface area contributed by atoms with Crippen molar-refractivity contribution in [3.8, 4) is 0 Å². The van der Waals surface area contributed by atoms with Gasteiger partial charge in [-0.15, -0.1) is 0 Å². The number of carbonyl (C=O) groups is 3. The lowest BCUT2D eigenvalue weighted by molar-refractivity contribution is -0.124. The zero-order valence-corrected chi connectivity index (χ0v) is 14.9. The number of fused-ring (bicyclic) bond motifs is 3. The van der Waals surface area contributed by atoms with E-state index in [9.17, 15) is 14.4 Å². The molecular weight excluding hydrogens is 334 g/mol. The Bertz CT molecular complexity index is 759. The number of nitrogens with zero attached hydrogens (tertiary/aromatic N) is 2. The summed E-state index contributed by atoms with van der Waals surface area (Å²) >= 11 is 0. The summed E-state index contributed by atoms with van der Waals surface area (Å²) in [4.78, 5) is 41.2. The molecule has 2 saturated heterocycles. The maximum Gasteiger partial charge on any atom is 0.258 e. The highest BCUT2D eigenvalue weighted by Crippen LogP contribution is 2.43. The van der Waals surface area contributed by atoms with Crippen LogP contribution >= 0.6 is 0 Å². The molecule has 0 aromatic heterocycles. The Hall–Kier alpha value is -2.41. The summed E-state index contributed by atoms with van der Waals surface area (Å²) in [6, 6.07) is 7.10. The predicted molar refractivity (Wildman–Crippen MR) is 94.6 cm³/mol. The first kappa shape index (κ1) is 17.0. The van der Waals surface area contributed by atoms with E-state index in [0.717, 1.165) is 19.4 Å². The Labute approximate surface area is 152 Å². The Morgan fingerprint density at radius 2 is 2.15 bits per heavy atom. The first-order chi connectivity index (χ1) is 12.5. The van der Waals surface area contributed by atoms with Crippen molar-refractivity contribution in [3.05, 3.63) is 29.8 Å². The van der Waals surface area contributed by atoms with E-state index in [1.54, 1.807) is 23.1 Å². The maximum absolute atomic E-state index is 13.1. The average Bonchev–Trinajstić information content (AvgIpc) is 3.25. The topological polar surface area (TPSA) is 79.0 Å². The number of para-hydroxylation sites is 1. The molecule has 0 bridgehead atoms. The number of anilines is 1. The molecule has 0 aliphatic carbocycles. The largest absolute Gasteiger partial charge is 0.376 e. The number of rotatable bonds is 4. The molecule has 2 fully saturated rings. The molecule has 3 aliphatic rings. The van der Waals surface area contributed by atoms with Gasteiger partial charge in [-0.1, -0.05) is 12.1 Å². The zero-order chi connectivity index (χ0) is 18.3. The van der Waals surface area contributed by atoms with Gasteiger partial charge in [0.25, 0.3) is 5.91 Å². The molecule has 2 unspecified atom stereocenters. The van der Waals surface area contributed by atoms with E-state index in [1.807, 2.05) is 13.0 Å². The minimum absolute atomic E-state index is 0.0165. The van der Waals surface area contributed by atoms with Gasteiger partial charge in [-0.05, 0) is 38.3 Å². The molecule has 4 rings (SSSR count). The third-order valence-electron chi connectivity index (χ3n) is 5.60. The van der Waals surface area contributed by atoms with E-state index in [2.05, 4.69) is 5.32 Å². The van der Waals surface area contributed by atoms with Crippen LogP contribution in [0.25, 0.3) is 0 Å². The summed E-state index contributed by atoms with van der Waals surface area (Å²) in [5.74, 6) is -0.452. The van der Waals surface area contributed by atoms with Crippen LogP contribution in [-0.4, -0.2) is 54.1 Å². The molecule has 3 heterocycles. The number of benzene rings is 1. The molecule has 1 aromatic carbocycles. The highest BCUT2D eigenvalue weighted by atomic mass is 16.5. The number of hydrogen-bond donors (Lipinski definition) is 1. The van der Waals surface area contributed by atoms with Crippen molar-refractivity contribution >= 4 is 23.4 Å². The number of hydrogen-bond acceptors (Lipinski definition) is 4. The average molecular weight is 357 g/mol. The first-order valence-corrected chi connectivity index (χ1v) is 9.13. The van der Waals surface area contributed by atoms with Crippen LogP contribution in [0.3, 0.4) is 0 Å². The van der Waals surface area contributed by atoms with Crippen molar-refractivity contribution in [1.82, 2.24) is 10.2 Å². The molecule has 0 radical (unpaired) electrons. The van der Waals surface area contributed by atoms with Crippen LogP contribution in [-0.2, 0) is 14.3 Å². The number of nitrogens with one attached hydrogen (secondary N) is 1. The summed E-state index contributed by atoms with van der Waals surface area (Å²) < 4.78 is 5.52. The van der Waals surface area contributed by atoms with Crippen LogP contribution < -0.4 is 10.2 Å². The molecule has 7 nitrogen and oxygen atoms in total.